The number of hydrogen-bond acceptors (Lipinski definition) is 4. The monoisotopic (exact) mass is 234 g/mol. The molecule has 0 bridgehead atoms. The van der Waals surface area contributed by atoms with Crippen molar-refractivity contribution in [3.05, 3.63) is 34.9 Å². The largest absolute Gasteiger partial charge is 0.396 e. The lowest BCUT2D eigenvalue weighted by Gasteiger charge is -1.95. The highest BCUT2D eigenvalue weighted by Gasteiger charge is 2.03. The van der Waals surface area contributed by atoms with E-state index in [0.29, 0.717) is 0 Å². The number of unbranched alkanes of at least 4 members (excludes halogenated alkanes) is 1. The van der Waals surface area contributed by atoms with Crippen molar-refractivity contribution in [2.24, 2.45) is 0 Å². The molecule has 0 aliphatic carbocycles. The highest BCUT2D eigenvalue weighted by Crippen LogP contribution is 2.21. The molecule has 0 aliphatic heterocycles. The number of aromatic nitrogens is 2. The van der Waals surface area contributed by atoms with Crippen molar-refractivity contribution in [3.63, 3.8) is 0 Å². The molecule has 0 amide bonds. The fourth-order valence-corrected chi connectivity index (χ4v) is 2.31. The molecule has 0 atom stereocenters. The first kappa shape index (κ1) is 11.2. The Morgan fingerprint density at radius 1 is 1.31 bits per heavy atom. The van der Waals surface area contributed by atoms with Gasteiger partial charge in [-0.15, -0.1) is 11.3 Å². The van der Waals surface area contributed by atoms with E-state index in [1.807, 2.05) is 18.3 Å². The highest BCUT2D eigenvalue weighted by atomic mass is 32.1. The van der Waals surface area contributed by atoms with Crippen LogP contribution in [0.15, 0.2) is 29.9 Å². The zero-order chi connectivity index (χ0) is 11.2. The van der Waals surface area contributed by atoms with Crippen LogP contribution in [0.3, 0.4) is 0 Å². The summed E-state index contributed by atoms with van der Waals surface area (Å²) in [7, 11) is 0. The van der Waals surface area contributed by atoms with Gasteiger partial charge in [-0.05, 0) is 31.4 Å². The molecule has 0 aromatic carbocycles. The molecule has 2 heterocycles. The maximum absolute atomic E-state index is 8.70. The lowest BCUT2D eigenvalue weighted by Crippen LogP contribution is -1.88. The molecular weight excluding hydrogens is 220 g/mol. The van der Waals surface area contributed by atoms with Gasteiger partial charge in [0.15, 0.2) is 0 Å². The Morgan fingerprint density at radius 2 is 2.25 bits per heavy atom. The minimum Gasteiger partial charge on any atom is -0.396 e. The van der Waals surface area contributed by atoms with Crippen LogP contribution in [-0.2, 0) is 6.42 Å². The topological polar surface area (TPSA) is 46.0 Å². The molecule has 16 heavy (non-hydrogen) atoms. The van der Waals surface area contributed by atoms with Crippen molar-refractivity contribution in [3.8, 4) is 11.3 Å². The smallest absolute Gasteiger partial charge is 0.0932 e. The van der Waals surface area contributed by atoms with Gasteiger partial charge in [-0.2, -0.15) is 0 Å². The first-order valence-electron chi connectivity index (χ1n) is 5.36. The Labute approximate surface area is 98.8 Å². The fraction of sp³-hybridized carbons (Fsp3) is 0.333. The van der Waals surface area contributed by atoms with Crippen molar-refractivity contribution in [1.29, 1.82) is 0 Å². The van der Waals surface area contributed by atoms with Crippen LogP contribution >= 0.6 is 11.3 Å². The van der Waals surface area contributed by atoms with E-state index >= 15 is 0 Å². The van der Waals surface area contributed by atoms with Gasteiger partial charge in [0, 0.05) is 29.9 Å². The molecule has 2 aromatic heterocycles. The van der Waals surface area contributed by atoms with E-state index in [0.717, 1.165) is 35.5 Å². The van der Waals surface area contributed by atoms with Crippen molar-refractivity contribution in [1.82, 2.24) is 9.97 Å². The molecule has 2 rings (SSSR count). The molecule has 84 valence electrons. The van der Waals surface area contributed by atoms with Crippen molar-refractivity contribution in [2.75, 3.05) is 6.61 Å². The molecule has 0 radical (unpaired) electrons. The number of hydrogen-bond donors (Lipinski definition) is 1. The summed E-state index contributed by atoms with van der Waals surface area (Å²) in [5.74, 6) is 0. The average Bonchev–Trinajstić information content (AvgIpc) is 2.79. The summed E-state index contributed by atoms with van der Waals surface area (Å²) in [5, 5.41) is 11.9. The van der Waals surface area contributed by atoms with Gasteiger partial charge in [0.2, 0.25) is 0 Å². The van der Waals surface area contributed by atoms with Crippen LogP contribution in [0.2, 0.25) is 0 Å². The number of aliphatic hydroxyl groups excluding tert-OH is 1. The Balaban J connectivity index is 2.02. The maximum Gasteiger partial charge on any atom is 0.0932 e. The van der Waals surface area contributed by atoms with Gasteiger partial charge in [0.05, 0.1) is 10.7 Å². The molecule has 0 fully saturated rings. The maximum atomic E-state index is 8.70. The fourth-order valence-electron chi connectivity index (χ4n) is 1.46. The lowest BCUT2D eigenvalue weighted by atomic mass is 10.2. The predicted octanol–water partition coefficient (Wildman–Crippen LogP) is 2.52. The van der Waals surface area contributed by atoms with Gasteiger partial charge in [-0.3, -0.25) is 4.98 Å². The van der Waals surface area contributed by atoms with Gasteiger partial charge in [-0.1, -0.05) is 0 Å². The summed E-state index contributed by atoms with van der Waals surface area (Å²) in [5.41, 5.74) is 2.06. The number of pyridine rings is 1. The van der Waals surface area contributed by atoms with Crippen LogP contribution in [0, 0.1) is 0 Å². The SMILES string of the molecule is OCCCCc1nc(-c2cccnc2)cs1. The molecule has 2 aromatic rings. The Bertz CT molecular complexity index is 428. The quantitative estimate of drug-likeness (QED) is 0.809. The minimum absolute atomic E-state index is 0.265. The van der Waals surface area contributed by atoms with Crippen molar-refractivity contribution < 1.29 is 5.11 Å². The average molecular weight is 234 g/mol. The first-order valence-corrected chi connectivity index (χ1v) is 6.24. The summed E-state index contributed by atoms with van der Waals surface area (Å²) < 4.78 is 0. The number of thiazole rings is 1. The van der Waals surface area contributed by atoms with E-state index in [2.05, 4.69) is 15.3 Å². The number of rotatable bonds is 5. The van der Waals surface area contributed by atoms with Gasteiger partial charge in [0.1, 0.15) is 0 Å². The molecule has 4 heteroatoms. The van der Waals surface area contributed by atoms with E-state index < -0.39 is 0 Å². The zero-order valence-electron chi connectivity index (χ0n) is 8.97. The number of nitrogens with zero attached hydrogens (tertiary/aromatic N) is 2. The van der Waals surface area contributed by atoms with Crippen molar-refractivity contribution >= 4 is 11.3 Å². The van der Waals surface area contributed by atoms with Crippen LogP contribution in [0.4, 0.5) is 0 Å². The van der Waals surface area contributed by atoms with E-state index in [4.69, 9.17) is 5.11 Å². The highest BCUT2D eigenvalue weighted by molar-refractivity contribution is 7.09. The summed E-state index contributed by atoms with van der Waals surface area (Å²) in [4.78, 5) is 8.63. The summed E-state index contributed by atoms with van der Waals surface area (Å²) >= 11 is 1.67. The molecule has 0 saturated heterocycles. The van der Waals surface area contributed by atoms with Crippen LogP contribution in [-0.4, -0.2) is 21.7 Å². The normalized spacial score (nSPS) is 10.6. The number of aryl methyl sites for hydroxylation is 1. The summed E-state index contributed by atoms with van der Waals surface area (Å²) in [6, 6.07) is 3.93. The molecule has 0 aliphatic rings. The van der Waals surface area contributed by atoms with E-state index in [1.54, 1.807) is 17.5 Å². The Hall–Kier alpha value is -1.26. The number of aliphatic hydroxyl groups is 1. The van der Waals surface area contributed by atoms with Crippen molar-refractivity contribution in [2.45, 2.75) is 19.3 Å². The summed E-state index contributed by atoms with van der Waals surface area (Å²) in [6.07, 6.45) is 6.38. The Morgan fingerprint density at radius 3 is 3.00 bits per heavy atom. The van der Waals surface area contributed by atoms with Crippen LogP contribution < -0.4 is 0 Å². The molecule has 0 unspecified atom stereocenters. The third-order valence-corrected chi connectivity index (χ3v) is 3.22. The molecular formula is C12H14N2OS. The van der Waals surface area contributed by atoms with E-state index in [9.17, 15) is 0 Å². The predicted molar refractivity (Wildman–Crippen MR) is 65.4 cm³/mol. The van der Waals surface area contributed by atoms with Gasteiger partial charge >= 0.3 is 0 Å². The van der Waals surface area contributed by atoms with Gasteiger partial charge in [0.25, 0.3) is 0 Å². The molecule has 0 spiro atoms. The molecule has 0 saturated carbocycles. The second-order valence-electron chi connectivity index (χ2n) is 3.55. The standard InChI is InChI=1S/C12H14N2OS/c15-7-2-1-5-12-14-11(9-16-12)10-4-3-6-13-8-10/h3-4,6,8-9,15H,1-2,5,7H2. The van der Waals surface area contributed by atoms with Crippen LogP contribution in [0.25, 0.3) is 11.3 Å². The lowest BCUT2D eigenvalue weighted by molar-refractivity contribution is 0.284. The molecule has 3 nitrogen and oxygen atoms in total. The van der Waals surface area contributed by atoms with E-state index in [1.165, 1.54) is 0 Å². The van der Waals surface area contributed by atoms with E-state index in [-0.39, 0.29) is 6.61 Å². The van der Waals surface area contributed by atoms with Crippen LogP contribution in [0.5, 0.6) is 0 Å². The minimum atomic E-state index is 0.265. The second-order valence-corrected chi connectivity index (χ2v) is 4.49. The van der Waals surface area contributed by atoms with Gasteiger partial charge in [-0.25, -0.2) is 4.98 Å². The first-order chi connectivity index (χ1) is 7.90. The van der Waals surface area contributed by atoms with Gasteiger partial charge < -0.3 is 5.11 Å². The third-order valence-electron chi connectivity index (χ3n) is 2.31. The Kier molecular flexibility index (Phi) is 4.02. The molecule has 1 N–H and O–H groups in total. The second kappa shape index (κ2) is 5.72. The third kappa shape index (κ3) is 2.87. The zero-order valence-corrected chi connectivity index (χ0v) is 9.78. The summed E-state index contributed by atoms with van der Waals surface area (Å²) in [6.45, 7) is 0.265. The van der Waals surface area contributed by atoms with Crippen LogP contribution in [0.1, 0.15) is 17.8 Å².